The summed E-state index contributed by atoms with van der Waals surface area (Å²) in [5.41, 5.74) is -0.132. The van der Waals surface area contributed by atoms with Crippen LogP contribution in [0.5, 0.6) is 0 Å². The Hall–Kier alpha value is 0.569. The van der Waals surface area contributed by atoms with Gasteiger partial charge in [0, 0.05) is 26.5 Å². The van der Waals surface area contributed by atoms with Gasteiger partial charge in [-0.2, -0.15) is 0 Å². The summed E-state index contributed by atoms with van der Waals surface area (Å²) in [5.74, 6) is 0. The quantitative estimate of drug-likeness (QED) is 0.608. The van der Waals surface area contributed by atoms with Gasteiger partial charge < -0.3 is 10.2 Å². The summed E-state index contributed by atoms with van der Waals surface area (Å²) in [7, 11) is 0. The molecule has 0 aliphatic rings. The third-order valence-electron chi connectivity index (χ3n) is 5.29. The van der Waals surface area contributed by atoms with Gasteiger partial charge in [0.2, 0.25) is 0 Å². The molecule has 0 bridgehead atoms. The van der Waals surface area contributed by atoms with Crippen LogP contribution in [-0.2, 0) is 20.1 Å². The molecule has 0 aromatic rings. The Labute approximate surface area is 127 Å². The number of hydrogen-bond acceptors (Lipinski definition) is 2. The van der Waals surface area contributed by atoms with E-state index in [2.05, 4.69) is 41.5 Å². The van der Waals surface area contributed by atoms with Crippen molar-refractivity contribution >= 4 is 0 Å². The monoisotopic (exact) mass is 437 g/mol. The van der Waals surface area contributed by atoms with Gasteiger partial charge >= 0.3 is 0 Å². The molecular weight excluding hydrogens is 404 g/mol. The third-order valence-corrected chi connectivity index (χ3v) is 5.29. The van der Waals surface area contributed by atoms with Gasteiger partial charge in [-0.1, -0.05) is 41.5 Å². The van der Waals surface area contributed by atoms with Gasteiger partial charge in [0.05, 0.1) is 12.2 Å². The van der Waals surface area contributed by atoms with Crippen LogP contribution in [0.2, 0.25) is 0 Å². The van der Waals surface area contributed by atoms with E-state index in [1.165, 1.54) is 0 Å². The number of aliphatic hydroxyl groups excluding tert-OH is 2. The van der Waals surface area contributed by atoms with Gasteiger partial charge in [-0.25, -0.2) is 0 Å². The molecule has 2 N–H and O–H groups in total. The van der Waals surface area contributed by atoms with Crippen LogP contribution in [0.4, 0.5) is 0 Å². The number of hydrogen-bond donors (Lipinski definition) is 2. The topological polar surface area (TPSA) is 40.5 Å². The van der Waals surface area contributed by atoms with E-state index in [1.54, 1.807) is 0 Å². The molecule has 0 aromatic heterocycles. The normalized spacial score (nSPS) is 16.0. The zero-order valence-corrected chi connectivity index (χ0v) is 15.3. The predicted octanol–water partition coefficient (Wildman–Crippen LogP) is 3.75. The van der Waals surface area contributed by atoms with Crippen molar-refractivity contribution in [3.05, 3.63) is 0 Å². The second-order valence-corrected chi connectivity index (χ2v) is 5.99. The molecular formula is C15H32IrO2. The number of rotatable bonds is 8. The molecule has 0 saturated carbocycles. The van der Waals surface area contributed by atoms with E-state index < -0.39 is 12.2 Å². The smallest absolute Gasteiger partial charge is 0.0618 e. The van der Waals surface area contributed by atoms with E-state index in [9.17, 15) is 10.2 Å². The molecule has 0 aliphatic heterocycles. The van der Waals surface area contributed by atoms with Gasteiger partial charge in [0.1, 0.15) is 0 Å². The Balaban J connectivity index is 0. The standard InChI is InChI=1S/C15H32O2.Ir/c1-7-14(5,8-2)12(16)11-13(17)15(6,9-3)10-4;/h12-13,16-17H,7-11H2,1-6H3;. The summed E-state index contributed by atoms with van der Waals surface area (Å²) in [6.07, 6.45) is 3.48. The summed E-state index contributed by atoms with van der Waals surface area (Å²) in [6.45, 7) is 12.7. The van der Waals surface area contributed by atoms with Crippen molar-refractivity contribution in [1.29, 1.82) is 0 Å². The molecule has 3 heteroatoms. The van der Waals surface area contributed by atoms with Crippen molar-refractivity contribution in [2.24, 2.45) is 10.8 Å². The van der Waals surface area contributed by atoms with Crippen molar-refractivity contribution in [1.82, 2.24) is 0 Å². The maximum atomic E-state index is 10.3. The second-order valence-electron chi connectivity index (χ2n) is 5.99. The van der Waals surface area contributed by atoms with Gasteiger partial charge in [0.15, 0.2) is 0 Å². The minimum absolute atomic E-state index is 0. The minimum atomic E-state index is -0.412. The van der Waals surface area contributed by atoms with E-state index >= 15 is 0 Å². The molecule has 2 atom stereocenters. The van der Waals surface area contributed by atoms with Crippen LogP contribution in [0, 0.1) is 10.8 Å². The van der Waals surface area contributed by atoms with E-state index in [0.29, 0.717) is 6.42 Å². The molecule has 0 aromatic carbocycles. The summed E-state index contributed by atoms with van der Waals surface area (Å²) in [6, 6.07) is 0. The molecule has 0 saturated heterocycles. The van der Waals surface area contributed by atoms with E-state index in [1.807, 2.05) is 0 Å². The van der Waals surface area contributed by atoms with Crippen LogP contribution in [0.25, 0.3) is 0 Å². The maximum absolute atomic E-state index is 10.3. The van der Waals surface area contributed by atoms with Crippen LogP contribution in [0.3, 0.4) is 0 Å². The molecule has 0 fully saturated rings. The van der Waals surface area contributed by atoms with Gasteiger partial charge in [-0.3, -0.25) is 0 Å². The molecule has 1 radical (unpaired) electrons. The summed E-state index contributed by atoms with van der Waals surface area (Å²) >= 11 is 0. The van der Waals surface area contributed by atoms with Crippen molar-refractivity contribution < 1.29 is 30.3 Å². The molecule has 113 valence electrons. The molecule has 0 amide bonds. The largest absolute Gasteiger partial charge is 0.392 e. The van der Waals surface area contributed by atoms with Crippen LogP contribution < -0.4 is 0 Å². The Kier molecular flexibility index (Phi) is 10.1. The van der Waals surface area contributed by atoms with Crippen molar-refractivity contribution in [2.45, 2.75) is 85.9 Å². The maximum Gasteiger partial charge on any atom is 0.0618 e. The van der Waals surface area contributed by atoms with Crippen LogP contribution in [0.15, 0.2) is 0 Å². The second kappa shape index (κ2) is 8.68. The molecule has 0 spiro atoms. The van der Waals surface area contributed by atoms with Crippen molar-refractivity contribution in [3.63, 3.8) is 0 Å². The molecule has 0 heterocycles. The Morgan fingerprint density at radius 3 is 1.11 bits per heavy atom. The first-order valence-electron chi connectivity index (χ1n) is 7.15. The average Bonchev–Trinajstić information content (AvgIpc) is 2.36. The fourth-order valence-electron chi connectivity index (χ4n) is 2.22. The summed E-state index contributed by atoms with van der Waals surface area (Å²) in [4.78, 5) is 0. The minimum Gasteiger partial charge on any atom is -0.392 e. The fourth-order valence-corrected chi connectivity index (χ4v) is 2.22. The van der Waals surface area contributed by atoms with Crippen molar-refractivity contribution in [3.8, 4) is 0 Å². The van der Waals surface area contributed by atoms with Crippen LogP contribution in [0.1, 0.15) is 73.6 Å². The zero-order valence-electron chi connectivity index (χ0n) is 12.9. The first kappa shape index (κ1) is 20.9. The SMILES string of the molecule is CCC(C)(CC)C(O)CC(O)C(C)(CC)CC.[Ir]. The summed E-state index contributed by atoms with van der Waals surface area (Å²) in [5, 5.41) is 20.7. The van der Waals surface area contributed by atoms with E-state index in [0.717, 1.165) is 25.7 Å². The first-order chi connectivity index (χ1) is 7.79. The summed E-state index contributed by atoms with van der Waals surface area (Å²) < 4.78 is 0. The molecule has 0 aliphatic carbocycles. The third kappa shape index (κ3) is 4.92. The van der Waals surface area contributed by atoms with E-state index in [4.69, 9.17) is 0 Å². The van der Waals surface area contributed by atoms with Crippen molar-refractivity contribution in [2.75, 3.05) is 0 Å². The molecule has 2 nitrogen and oxygen atoms in total. The average molecular weight is 437 g/mol. The zero-order chi connectivity index (χ0) is 13.7. The molecule has 18 heavy (non-hydrogen) atoms. The van der Waals surface area contributed by atoms with Gasteiger partial charge in [0.25, 0.3) is 0 Å². The Morgan fingerprint density at radius 1 is 0.722 bits per heavy atom. The molecule has 2 unspecified atom stereocenters. The van der Waals surface area contributed by atoms with Crippen LogP contribution in [-0.4, -0.2) is 22.4 Å². The van der Waals surface area contributed by atoms with Crippen LogP contribution >= 0.6 is 0 Å². The Morgan fingerprint density at radius 2 is 0.944 bits per heavy atom. The first-order valence-corrected chi connectivity index (χ1v) is 7.15. The fraction of sp³-hybridized carbons (Fsp3) is 1.00. The van der Waals surface area contributed by atoms with E-state index in [-0.39, 0.29) is 30.9 Å². The van der Waals surface area contributed by atoms with Gasteiger partial charge in [-0.15, -0.1) is 0 Å². The predicted molar refractivity (Wildman–Crippen MR) is 74.0 cm³/mol. The number of aliphatic hydroxyl groups is 2. The Bertz CT molecular complexity index is 189. The van der Waals surface area contributed by atoms with Gasteiger partial charge in [-0.05, 0) is 36.5 Å². The molecule has 0 rings (SSSR count).